The molecule has 0 bridgehead atoms. The molecule has 0 saturated carbocycles. The highest BCUT2D eigenvalue weighted by molar-refractivity contribution is 6.35. The fourth-order valence-electron chi connectivity index (χ4n) is 1.62. The number of nitrogens with zero attached hydrogens (tertiary/aromatic N) is 1. The first kappa shape index (κ1) is 14.4. The summed E-state index contributed by atoms with van der Waals surface area (Å²) in [6, 6.07) is 9.21. The van der Waals surface area contributed by atoms with Gasteiger partial charge in [-0.2, -0.15) is 0 Å². The van der Waals surface area contributed by atoms with Crippen molar-refractivity contribution in [1.82, 2.24) is 0 Å². The summed E-state index contributed by atoms with van der Waals surface area (Å²) in [7, 11) is 0. The zero-order chi connectivity index (χ0) is 14.7. The van der Waals surface area contributed by atoms with Crippen molar-refractivity contribution >= 4 is 46.0 Å². The molecule has 0 aliphatic carbocycles. The first-order chi connectivity index (χ1) is 9.49. The van der Waals surface area contributed by atoms with Gasteiger partial charge in [-0.1, -0.05) is 23.2 Å². The van der Waals surface area contributed by atoms with Gasteiger partial charge in [0.1, 0.15) is 0 Å². The van der Waals surface area contributed by atoms with Crippen LogP contribution in [0.1, 0.15) is 0 Å². The van der Waals surface area contributed by atoms with Gasteiger partial charge in [-0.25, -0.2) is 0 Å². The second-order valence-electron chi connectivity index (χ2n) is 3.92. The molecular weight excluding hydrogens is 303 g/mol. The average molecular weight is 313 g/mol. The normalized spacial score (nSPS) is 10.2. The molecule has 0 aliphatic heterocycles. The molecule has 2 rings (SSSR count). The van der Waals surface area contributed by atoms with E-state index in [2.05, 4.69) is 10.7 Å². The number of anilines is 3. The molecule has 0 unspecified atom stereocenters. The number of hydrogen-bond donors (Lipinski definition) is 3. The van der Waals surface area contributed by atoms with Gasteiger partial charge in [-0.15, -0.1) is 0 Å². The maximum Gasteiger partial charge on any atom is 0.273 e. The molecule has 20 heavy (non-hydrogen) atoms. The van der Waals surface area contributed by atoms with Gasteiger partial charge in [-0.3, -0.25) is 16.0 Å². The van der Waals surface area contributed by atoms with Crippen molar-refractivity contribution in [3.8, 4) is 0 Å². The van der Waals surface area contributed by atoms with Crippen molar-refractivity contribution in [2.24, 2.45) is 5.84 Å². The number of benzene rings is 2. The Kier molecular flexibility index (Phi) is 4.29. The molecule has 0 amide bonds. The monoisotopic (exact) mass is 312 g/mol. The molecule has 4 N–H and O–H groups in total. The van der Waals surface area contributed by atoms with E-state index in [1.54, 1.807) is 24.3 Å². The predicted molar refractivity (Wildman–Crippen MR) is 80.7 cm³/mol. The van der Waals surface area contributed by atoms with Crippen LogP contribution in [0.4, 0.5) is 22.7 Å². The fraction of sp³-hybridized carbons (Fsp3) is 0. The summed E-state index contributed by atoms with van der Waals surface area (Å²) < 4.78 is 0. The number of nitrogens with one attached hydrogen (secondary N) is 2. The summed E-state index contributed by atoms with van der Waals surface area (Å²) in [5.74, 6) is 5.29. The lowest BCUT2D eigenvalue weighted by atomic mass is 10.2. The molecule has 6 nitrogen and oxygen atoms in total. The molecule has 0 atom stereocenters. The van der Waals surface area contributed by atoms with Crippen LogP contribution in [-0.4, -0.2) is 4.92 Å². The minimum atomic E-state index is -0.508. The van der Waals surface area contributed by atoms with Gasteiger partial charge in [-0.05, 0) is 24.3 Å². The molecule has 0 heterocycles. The summed E-state index contributed by atoms with van der Waals surface area (Å²) >= 11 is 11.9. The minimum absolute atomic E-state index is 0.0962. The molecule has 2 aromatic rings. The second kappa shape index (κ2) is 5.96. The number of nitro benzene ring substituents is 1. The van der Waals surface area contributed by atoms with Crippen molar-refractivity contribution in [2.45, 2.75) is 0 Å². The van der Waals surface area contributed by atoms with Gasteiger partial charge >= 0.3 is 0 Å². The van der Waals surface area contributed by atoms with Gasteiger partial charge in [0.05, 0.1) is 21.3 Å². The highest BCUT2D eigenvalue weighted by atomic mass is 35.5. The van der Waals surface area contributed by atoms with Crippen LogP contribution < -0.4 is 16.6 Å². The molecule has 0 fully saturated rings. The highest BCUT2D eigenvalue weighted by Crippen LogP contribution is 2.31. The molecular formula is C12H10Cl2N4O2. The van der Waals surface area contributed by atoms with Crippen LogP contribution in [0.15, 0.2) is 36.4 Å². The van der Waals surface area contributed by atoms with Gasteiger partial charge < -0.3 is 10.7 Å². The number of nitrogen functional groups attached to an aromatic ring is 1. The zero-order valence-electron chi connectivity index (χ0n) is 10.1. The number of hydrogen-bond acceptors (Lipinski definition) is 5. The van der Waals surface area contributed by atoms with E-state index in [1.807, 2.05) is 0 Å². The number of rotatable bonds is 4. The van der Waals surface area contributed by atoms with Crippen LogP contribution in [0, 0.1) is 10.1 Å². The van der Waals surface area contributed by atoms with Gasteiger partial charge in [0.25, 0.3) is 5.69 Å². The third-order valence-corrected chi connectivity index (χ3v) is 3.07. The summed E-state index contributed by atoms with van der Waals surface area (Å²) in [6.45, 7) is 0. The highest BCUT2D eigenvalue weighted by Gasteiger charge is 2.10. The Balaban J connectivity index is 2.39. The van der Waals surface area contributed by atoms with Crippen LogP contribution in [0.25, 0.3) is 0 Å². The average Bonchev–Trinajstić information content (AvgIpc) is 2.42. The zero-order valence-corrected chi connectivity index (χ0v) is 11.6. The molecule has 8 heteroatoms. The SMILES string of the molecule is NNc1cc(Nc2cc(Cl)ccc2Cl)cc([N+](=O)[O-])c1. The number of nitrogens with two attached hydrogens (primary N) is 1. The Bertz CT molecular complexity index is 664. The molecule has 104 valence electrons. The molecule has 0 aromatic heterocycles. The van der Waals surface area contributed by atoms with E-state index >= 15 is 0 Å². The fourth-order valence-corrected chi connectivity index (χ4v) is 1.96. The van der Waals surface area contributed by atoms with E-state index in [0.29, 0.717) is 27.1 Å². The van der Waals surface area contributed by atoms with E-state index in [0.717, 1.165) is 0 Å². The van der Waals surface area contributed by atoms with Gasteiger partial charge in [0.2, 0.25) is 0 Å². The number of halogens is 2. The maximum atomic E-state index is 10.9. The minimum Gasteiger partial charge on any atom is -0.354 e. The molecule has 0 saturated heterocycles. The van der Waals surface area contributed by atoms with Crippen LogP contribution in [0.2, 0.25) is 10.0 Å². The first-order valence-electron chi connectivity index (χ1n) is 5.48. The van der Waals surface area contributed by atoms with Gasteiger partial charge in [0.15, 0.2) is 0 Å². The molecule has 0 aliphatic rings. The van der Waals surface area contributed by atoms with Crippen LogP contribution >= 0.6 is 23.2 Å². The Hall–Kier alpha value is -2.02. The largest absolute Gasteiger partial charge is 0.354 e. The van der Waals surface area contributed by atoms with Crippen LogP contribution in [-0.2, 0) is 0 Å². The Morgan fingerprint density at radius 2 is 1.80 bits per heavy atom. The third-order valence-electron chi connectivity index (χ3n) is 2.50. The van der Waals surface area contributed by atoms with Crippen molar-refractivity contribution in [3.63, 3.8) is 0 Å². The summed E-state index contributed by atoms with van der Waals surface area (Å²) in [5, 5.41) is 14.8. The third kappa shape index (κ3) is 3.30. The predicted octanol–water partition coefficient (Wildman–Crippen LogP) is 3.93. The van der Waals surface area contributed by atoms with E-state index in [4.69, 9.17) is 29.0 Å². The quantitative estimate of drug-likeness (QED) is 0.452. The summed E-state index contributed by atoms with van der Waals surface area (Å²) in [6.07, 6.45) is 0. The number of nitro groups is 1. The molecule has 0 spiro atoms. The molecule has 0 radical (unpaired) electrons. The van der Waals surface area contributed by atoms with Crippen molar-refractivity contribution < 1.29 is 4.92 Å². The van der Waals surface area contributed by atoms with E-state index in [1.165, 1.54) is 12.1 Å². The Morgan fingerprint density at radius 3 is 2.45 bits per heavy atom. The van der Waals surface area contributed by atoms with Crippen molar-refractivity contribution in [3.05, 3.63) is 56.6 Å². The standard InChI is InChI=1S/C12H10Cl2N4O2/c13-7-1-2-11(14)12(3-7)16-8-4-9(17-15)6-10(5-8)18(19)20/h1-6,16-17H,15H2. The Labute approximate surface area is 124 Å². The van der Waals surface area contributed by atoms with Crippen molar-refractivity contribution in [2.75, 3.05) is 10.7 Å². The first-order valence-corrected chi connectivity index (χ1v) is 6.23. The molecule has 2 aromatic carbocycles. The second-order valence-corrected chi connectivity index (χ2v) is 4.76. The van der Waals surface area contributed by atoms with Crippen molar-refractivity contribution in [1.29, 1.82) is 0 Å². The van der Waals surface area contributed by atoms with Gasteiger partial charge in [0, 0.05) is 22.8 Å². The van der Waals surface area contributed by atoms with E-state index < -0.39 is 4.92 Å². The van der Waals surface area contributed by atoms with Crippen LogP contribution in [0.5, 0.6) is 0 Å². The lowest BCUT2D eigenvalue weighted by molar-refractivity contribution is -0.384. The summed E-state index contributed by atoms with van der Waals surface area (Å²) in [5.41, 5.74) is 3.69. The topological polar surface area (TPSA) is 93.2 Å². The summed E-state index contributed by atoms with van der Waals surface area (Å²) in [4.78, 5) is 10.3. The smallest absolute Gasteiger partial charge is 0.273 e. The Morgan fingerprint density at radius 1 is 1.10 bits per heavy atom. The van der Waals surface area contributed by atoms with E-state index in [-0.39, 0.29) is 5.69 Å². The lowest BCUT2D eigenvalue weighted by Gasteiger charge is -2.10. The number of hydrazine groups is 1. The number of non-ortho nitro benzene ring substituents is 1. The van der Waals surface area contributed by atoms with E-state index in [9.17, 15) is 10.1 Å². The lowest BCUT2D eigenvalue weighted by Crippen LogP contribution is -2.07. The van der Waals surface area contributed by atoms with Crippen LogP contribution in [0.3, 0.4) is 0 Å². The maximum absolute atomic E-state index is 10.9.